The van der Waals surface area contributed by atoms with E-state index in [0.29, 0.717) is 23.3 Å². The van der Waals surface area contributed by atoms with Crippen molar-refractivity contribution in [2.75, 3.05) is 19.0 Å². The standard InChI is InChI=1S/C15H14F3N5O/c1-24-11-5-3-2-4-10(11)8-9-19-12-6-7-13-20-21-14(15(16,17)18)23(13)22-12/h2-7H,8-9H2,1H3,(H,19,22). The Morgan fingerprint density at radius 1 is 1.12 bits per heavy atom. The lowest BCUT2D eigenvalue weighted by molar-refractivity contribution is -0.146. The zero-order valence-electron chi connectivity index (χ0n) is 12.7. The minimum absolute atomic E-state index is 0.0394. The van der Waals surface area contributed by atoms with E-state index >= 15 is 0 Å². The number of anilines is 1. The molecule has 3 aromatic rings. The summed E-state index contributed by atoms with van der Waals surface area (Å²) in [6.45, 7) is 0.488. The Morgan fingerprint density at radius 3 is 2.67 bits per heavy atom. The summed E-state index contributed by atoms with van der Waals surface area (Å²) < 4.78 is 44.5. The molecule has 0 saturated carbocycles. The number of benzene rings is 1. The summed E-state index contributed by atoms with van der Waals surface area (Å²) in [5, 5.41) is 13.5. The fourth-order valence-corrected chi connectivity index (χ4v) is 2.29. The lowest BCUT2D eigenvalue weighted by atomic mass is 10.1. The Hall–Kier alpha value is -2.84. The van der Waals surface area contributed by atoms with Gasteiger partial charge in [0.05, 0.1) is 7.11 Å². The second-order valence-corrected chi connectivity index (χ2v) is 5.00. The van der Waals surface area contributed by atoms with Crippen LogP contribution in [0.5, 0.6) is 5.75 Å². The van der Waals surface area contributed by atoms with Gasteiger partial charge >= 0.3 is 6.18 Å². The predicted molar refractivity (Wildman–Crippen MR) is 81.0 cm³/mol. The molecule has 1 aromatic carbocycles. The number of aromatic nitrogens is 4. The highest BCUT2D eigenvalue weighted by atomic mass is 19.4. The number of fused-ring (bicyclic) bond motifs is 1. The van der Waals surface area contributed by atoms with Gasteiger partial charge in [-0.15, -0.1) is 15.3 Å². The number of halogens is 3. The second kappa shape index (κ2) is 6.34. The molecule has 24 heavy (non-hydrogen) atoms. The highest BCUT2D eigenvalue weighted by Gasteiger charge is 2.37. The summed E-state index contributed by atoms with van der Waals surface area (Å²) in [5.74, 6) is -0.0746. The molecule has 0 aliphatic heterocycles. The first-order chi connectivity index (χ1) is 11.5. The smallest absolute Gasteiger partial charge is 0.453 e. The average molecular weight is 337 g/mol. The van der Waals surface area contributed by atoms with Gasteiger partial charge in [-0.25, -0.2) is 0 Å². The third-order valence-corrected chi connectivity index (χ3v) is 3.41. The predicted octanol–water partition coefficient (Wildman–Crippen LogP) is 2.81. The summed E-state index contributed by atoms with van der Waals surface area (Å²) in [5.41, 5.74) is 1.03. The molecule has 0 amide bonds. The van der Waals surface area contributed by atoms with Crippen LogP contribution in [-0.4, -0.2) is 33.5 Å². The molecule has 0 aliphatic carbocycles. The van der Waals surface area contributed by atoms with Crippen molar-refractivity contribution in [3.63, 3.8) is 0 Å². The van der Waals surface area contributed by atoms with Gasteiger partial charge in [-0.05, 0) is 30.2 Å². The highest BCUT2D eigenvalue weighted by molar-refractivity contribution is 5.44. The van der Waals surface area contributed by atoms with Crippen molar-refractivity contribution in [2.24, 2.45) is 0 Å². The van der Waals surface area contributed by atoms with Crippen LogP contribution in [0, 0.1) is 0 Å². The molecule has 0 atom stereocenters. The normalized spacial score (nSPS) is 11.7. The molecule has 0 bridgehead atoms. The minimum Gasteiger partial charge on any atom is -0.496 e. The van der Waals surface area contributed by atoms with Crippen molar-refractivity contribution in [2.45, 2.75) is 12.6 Å². The van der Waals surface area contributed by atoms with E-state index in [1.807, 2.05) is 24.3 Å². The van der Waals surface area contributed by atoms with Gasteiger partial charge in [0, 0.05) is 6.54 Å². The number of hydrogen-bond acceptors (Lipinski definition) is 5. The zero-order valence-corrected chi connectivity index (χ0v) is 12.7. The number of methoxy groups -OCH3 is 1. The Morgan fingerprint density at radius 2 is 1.92 bits per heavy atom. The van der Waals surface area contributed by atoms with E-state index in [0.717, 1.165) is 11.3 Å². The van der Waals surface area contributed by atoms with E-state index in [4.69, 9.17) is 4.74 Å². The number of alkyl halides is 3. The zero-order chi connectivity index (χ0) is 17.2. The van der Waals surface area contributed by atoms with Crippen LogP contribution in [-0.2, 0) is 12.6 Å². The van der Waals surface area contributed by atoms with Crippen LogP contribution in [0.2, 0.25) is 0 Å². The van der Waals surface area contributed by atoms with E-state index in [1.54, 1.807) is 13.2 Å². The number of nitrogens with one attached hydrogen (secondary N) is 1. The molecule has 2 heterocycles. The molecular weight excluding hydrogens is 323 g/mol. The first kappa shape index (κ1) is 16.0. The van der Waals surface area contributed by atoms with Crippen LogP contribution >= 0.6 is 0 Å². The molecule has 0 aliphatic rings. The molecular formula is C15H14F3N5O. The molecule has 1 N–H and O–H groups in total. The lowest BCUT2D eigenvalue weighted by Gasteiger charge is -2.10. The number of nitrogens with zero attached hydrogens (tertiary/aromatic N) is 4. The third-order valence-electron chi connectivity index (χ3n) is 3.41. The van der Waals surface area contributed by atoms with Crippen molar-refractivity contribution < 1.29 is 17.9 Å². The van der Waals surface area contributed by atoms with Gasteiger partial charge in [-0.1, -0.05) is 18.2 Å². The molecule has 2 aromatic heterocycles. The van der Waals surface area contributed by atoms with Crippen LogP contribution in [0.1, 0.15) is 11.4 Å². The molecule has 0 fully saturated rings. The van der Waals surface area contributed by atoms with Gasteiger partial charge < -0.3 is 10.1 Å². The first-order valence-electron chi connectivity index (χ1n) is 7.14. The van der Waals surface area contributed by atoms with Crippen molar-refractivity contribution in [3.05, 3.63) is 47.8 Å². The van der Waals surface area contributed by atoms with Crippen LogP contribution in [0.4, 0.5) is 19.0 Å². The lowest BCUT2D eigenvalue weighted by Crippen LogP contribution is -2.14. The quantitative estimate of drug-likeness (QED) is 0.776. The van der Waals surface area contributed by atoms with Crippen molar-refractivity contribution in [1.82, 2.24) is 19.8 Å². The summed E-state index contributed by atoms with van der Waals surface area (Å²) in [6, 6.07) is 10.5. The van der Waals surface area contributed by atoms with Gasteiger partial charge in [0.15, 0.2) is 5.65 Å². The van der Waals surface area contributed by atoms with E-state index in [1.165, 1.54) is 6.07 Å². The Kier molecular flexibility index (Phi) is 4.24. The fraction of sp³-hybridized carbons (Fsp3) is 0.267. The summed E-state index contributed by atoms with van der Waals surface area (Å²) in [6.07, 6.45) is -3.97. The largest absolute Gasteiger partial charge is 0.496 e. The van der Waals surface area contributed by atoms with Gasteiger partial charge in [0.1, 0.15) is 11.6 Å². The Bertz CT molecular complexity index is 846. The van der Waals surface area contributed by atoms with Gasteiger partial charge in [-0.3, -0.25) is 0 Å². The van der Waals surface area contributed by atoms with Crippen molar-refractivity contribution in [3.8, 4) is 5.75 Å². The molecule has 0 radical (unpaired) electrons. The maximum Gasteiger partial charge on any atom is 0.453 e. The summed E-state index contributed by atoms with van der Waals surface area (Å²) >= 11 is 0. The number of rotatable bonds is 5. The van der Waals surface area contributed by atoms with E-state index in [-0.39, 0.29) is 5.65 Å². The van der Waals surface area contributed by atoms with E-state index in [9.17, 15) is 13.2 Å². The van der Waals surface area contributed by atoms with Crippen molar-refractivity contribution in [1.29, 1.82) is 0 Å². The maximum absolute atomic E-state index is 12.8. The Labute approximate surface area is 135 Å². The van der Waals surface area contributed by atoms with Crippen LogP contribution in [0.25, 0.3) is 5.65 Å². The molecule has 0 spiro atoms. The van der Waals surface area contributed by atoms with E-state index in [2.05, 4.69) is 20.6 Å². The second-order valence-electron chi connectivity index (χ2n) is 5.00. The molecule has 126 valence electrons. The van der Waals surface area contributed by atoms with Crippen LogP contribution in [0.3, 0.4) is 0 Å². The monoisotopic (exact) mass is 337 g/mol. The van der Waals surface area contributed by atoms with Crippen LogP contribution in [0.15, 0.2) is 36.4 Å². The topological polar surface area (TPSA) is 64.3 Å². The number of para-hydroxylation sites is 1. The molecule has 0 saturated heterocycles. The molecule has 0 unspecified atom stereocenters. The van der Waals surface area contributed by atoms with Crippen LogP contribution < -0.4 is 10.1 Å². The van der Waals surface area contributed by atoms with E-state index < -0.39 is 12.0 Å². The molecule has 3 rings (SSSR count). The SMILES string of the molecule is COc1ccccc1CCNc1ccc2nnc(C(F)(F)F)n2n1. The number of hydrogen-bond donors (Lipinski definition) is 1. The highest BCUT2D eigenvalue weighted by Crippen LogP contribution is 2.27. The molecule has 9 heteroatoms. The summed E-state index contributed by atoms with van der Waals surface area (Å²) in [7, 11) is 1.59. The minimum atomic E-state index is -4.61. The average Bonchev–Trinajstić information content (AvgIpc) is 2.98. The van der Waals surface area contributed by atoms with Gasteiger partial charge in [0.25, 0.3) is 5.82 Å². The fourth-order valence-electron chi connectivity index (χ4n) is 2.29. The third kappa shape index (κ3) is 3.24. The maximum atomic E-state index is 12.8. The summed E-state index contributed by atoms with van der Waals surface area (Å²) in [4.78, 5) is 0. The Balaban J connectivity index is 1.74. The van der Waals surface area contributed by atoms with Gasteiger partial charge in [0.2, 0.25) is 0 Å². The number of ether oxygens (including phenoxy) is 1. The van der Waals surface area contributed by atoms with Gasteiger partial charge in [-0.2, -0.15) is 17.7 Å². The first-order valence-corrected chi connectivity index (χ1v) is 7.14. The van der Waals surface area contributed by atoms with Crippen molar-refractivity contribution >= 4 is 11.5 Å². The molecule has 6 nitrogen and oxygen atoms in total.